The molecule has 0 amide bonds. The van der Waals surface area contributed by atoms with Gasteiger partial charge in [0.15, 0.2) is 0 Å². The van der Waals surface area contributed by atoms with Crippen molar-refractivity contribution in [3.05, 3.63) is 59.7 Å². The molecule has 0 aliphatic rings. The van der Waals surface area contributed by atoms with Gasteiger partial charge < -0.3 is 15.8 Å². The van der Waals surface area contributed by atoms with Gasteiger partial charge in [-0.1, -0.05) is 24.3 Å². The second-order valence-electron chi connectivity index (χ2n) is 4.17. The first-order valence-electron chi connectivity index (χ1n) is 5.91. The van der Waals surface area contributed by atoms with Gasteiger partial charge in [0.1, 0.15) is 5.75 Å². The van der Waals surface area contributed by atoms with E-state index in [2.05, 4.69) is 17.4 Å². The standard InChI is InChI=1S/C15H18N2O/c1-17-15(11-5-3-7-13(16)9-11)12-6-4-8-14(10-12)18-2/h3-10,15,17H,16H2,1-2H3. The van der Waals surface area contributed by atoms with Crippen molar-refractivity contribution in [2.45, 2.75) is 6.04 Å². The third kappa shape index (κ3) is 2.63. The number of rotatable bonds is 4. The largest absolute Gasteiger partial charge is 0.497 e. The molecule has 0 aliphatic heterocycles. The summed E-state index contributed by atoms with van der Waals surface area (Å²) in [5.74, 6) is 0.858. The van der Waals surface area contributed by atoms with Crippen LogP contribution in [0.15, 0.2) is 48.5 Å². The van der Waals surface area contributed by atoms with Gasteiger partial charge >= 0.3 is 0 Å². The number of anilines is 1. The van der Waals surface area contributed by atoms with Crippen molar-refractivity contribution >= 4 is 5.69 Å². The molecule has 2 aromatic rings. The van der Waals surface area contributed by atoms with E-state index in [-0.39, 0.29) is 6.04 Å². The summed E-state index contributed by atoms with van der Waals surface area (Å²) in [5, 5.41) is 3.30. The second-order valence-corrected chi connectivity index (χ2v) is 4.17. The highest BCUT2D eigenvalue weighted by molar-refractivity contribution is 5.45. The summed E-state index contributed by atoms with van der Waals surface area (Å²) in [5.41, 5.74) is 8.91. The first kappa shape index (κ1) is 12.5. The Morgan fingerprint density at radius 3 is 2.33 bits per heavy atom. The van der Waals surface area contributed by atoms with E-state index in [0.717, 1.165) is 22.6 Å². The fourth-order valence-electron chi connectivity index (χ4n) is 2.09. The summed E-state index contributed by atoms with van der Waals surface area (Å²) in [7, 11) is 3.61. The molecular formula is C15H18N2O. The maximum atomic E-state index is 5.83. The number of hydrogen-bond donors (Lipinski definition) is 2. The van der Waals surface area contributed by atoms with Crippen molar-refractivity contribution in [1.29, 1.82) is 0 Å². The zero-order valence-corrected chi connectivity index (χ0v) is 10.7. The molecule has 2 aromatic carbocycles. The van der Waals surface area contributed by atoms with Crippen LogP contribution in [0.25, 0.3) is 0 Å². The monoisotopic (exact) mass is 242 g/mol. The van der Waals surface area contributed by atoms with E-state index in [4.69, 9.17) is 10.5 Å². The summed E-state index contributed by atoms with van der Waals surface area (Å²) in [6.45, 7) is 0. The van der Waals surface area contributed by atoms with Gasteiger partial charge in [0.2, 0.25) is 0 Å². The van der Waals surface area contributed by atoms with Crippen LogP contribution in [0.4, 0.5) is 5.69 Å². The lowest BCUT2D eigenvalue weighted by Crippen LogP contribution is -2.17. The van der Waals surface area contributed by atoms with Gasteiger partial charge in [0.25, 0.3) is 0 Å². The quantitative estimate of drug-likeness (QED) is 0.810. The number of nitrogen functional groups attached to an aromatic ring is 1. The fraction of sp³-hybridized carbons (Fsp3) is 0.200. The Labute approximate surface area is 108 Å². The highest BCUT2D eigenvalue weighted by Gasteiger charge is 2.12. The minimum atomic E-state index is 0.114. The lowest BCUT2D eigenvalue weighted by Gasteiger charge is -2.18. The lowest BCUT2D eigenvalue weighted by molar-refractivity contribution is 0.414. The first-order valence-corrected chi connectivity index (χ1v) is 5.91. The number of methoxy groups -OCH3 is 1. The molecule has 0 fully saturated rings. The van der Waals surface area contributed by atoms with E-state index >= 15 is 0 Å². The Morgan fingerprint density at radius 1 is 1.06 bits per heavy atom. The van der Waals surface area contributed by atoms with Crippen molar-refractivity contribution in [2.75, 3.05) is 19.9 Å². The number of ether oxygens (including phenoxy) is 1. The summed E-state index contributed by atoms with van der Waals surface area (Å²) in [6, 6.07) is 16.1. The molecule has 3 N–H and O–H groups in total. The molecule has 0 aromatic heterocycles. The molecule has 1 atom stereocenters. The number of hydrogen-bond acceptors (Lipinski definition) is 3. The van der Waals surface area contributed by atoms with Gasteiger partial charge in [-0.05, 0) is 42.4 Å². The summed E-state index contributed by atoms with van der Waals surface area (Å²) in [4.78, 5) is 0. The van der Waals surface area contributed by atoms with E-state index in [1.54, 1.807) is 7.11 Å². The molecule has 0 saturated heterocycles. The van der Waals surface area contributed by atoms with Gasteiger partial charge in [0, 0.05) is 5.69 Å². The predicted molar refractivity (Wildman–Crippen MR) is 74.8 cm³/mol. The average molecular weight is 242 g/mol. The van der Waals surface area contributed by atoms with Crippen molar-refractivity contribution in [3.8, 4) is 5.75 Å². The Hall–Kier alpha value is -2.00. The van der Waals surface area contributed by atoms with Crippen LogP contribution in [-0.2, 0) is 0 Å². The molecule has 0 radical (unpaired) electrons. The molecule has 0 heterocycles. The van der Waals surface area contributed by atoms with Crippen molar-refractivity contribution in [1.82, 2.24) is 5.32 Å². The Morgan fingerprint density at radius 2 is 1.72 bits per heavy atom. The first-order chi connectivity index (χ1) is 8.74. The zero-order chi connectivity index (χ0) is 13.0. The number of nitrogens with one attached hydrogen (secondary N) is 1. The number of nitrogens with two attached hydrogens (primary N) is 1. The highest BCUT2D eigenvalue weighted by atomic mass is 16.5. The van der Waals surface area contributed by atoms with E-state index in [9.17, 15) is 0 Å². The van der Waals surface area contributed by atoms with Gasteiger partial charge in [-0.2, -0.15) is 0 Å². The summed E-state index contributed by atoms with van der Waals surface area (Å²) < 4.78 is 5.26. The number of benzene rings is 2. The molecular weight excluding hydrogens is 224 g/mol. The van der Waals surface area contributed by atoms with Crippen molar-refractivity contribution < 1.29 is 4.74 Å². The van der Waals surface area contributed by atoms with Crippen LogP contribution in [0.5, 0.6) is 5.75 Å². The van der Waals surface area contributed by atoms with Gasteiger partial charge in [-0.25, -0.2) is 0 Å². The van der Waals surface area contributed by atoms with Gasteiger partial charge in [-0.15, -0.1) is 0 Å². The molecule has 0 aliphatic carbocycles. The van der Waals surface area contributed by atoms with Crippen LogP contribution in [0.3, 0.4) is 0 Å². The third-order valence-electron chi connectivity index (χ3n) is 2.96. The van der Waals surface area contributed by atoms with Crippen LogP contribution in [-0.4, -0.2) is 14.2 Å². The maximum Gasteiger partial charge on any atom is 0.119 e. The minimum absolute atomic E-state index is 0.114. The molecule has 0 bridgehead atoms. The summed E-state index contributed by atoms with van der Waals surface area (Å²) >= 11 is 0. The van der Waals surface area contributed by atoms with E-state index < -0.39 is 0 Å². The molecule has 18 heavy (non-hydrogen) atoms. The molecule has 1 unspecified atom stereocenters. The Kier molecular flexibility index (Phi) is 3.85. The SMILES string of the molecule is CNC(c1cccc(N)c1)c1cccc(OC)c1. The molecule has 0 saturated carbocycles. The Balaban J connectivity index is 2.38. The normalized spacial score (nSPS) is 12.1. The van der Waals surface area contributed by atoms with Gasteiger partial charge in [-0.3, -0.25) is 0 Å². The minimum Gasteiger partial charge on any atom is -0.497 e. The molecule has 3 nitrogen and oxygen atoms in total. The highest BCUT2D eigenvalue weighted by Crippen LogP contribution is 2.25. The van der Waals surface area contributed by atoms with Crippen LogP contribution in [0, 0.1) is 0 Å². The summed E-state index contributed by atoms with van der Waals surface area (Å²) in [6.07, 6.45) is 0. The van der Waals surface area contributed by atoms with Gasteiger partial charge in [0.05, 0.1) is 13.2 Å². The zero-order valence-electron chi connectivity index (χ0n) is 10.7. The average Bonchev–Trinajstić information content (AvgIpc) is 2.40. The third-order valence-corrected chi connectivity index (χ3v) is 2.96. The van der Waals surface area contributed by atoms with Crippen molar-refractivity contribution in [3.63, 3.8) is 0 Å². The maximum absolute atomic E-state index is 5.83. The van der Waals surface area contributed by atoms with Crippen LogP contribution in [0.2, 0.25) is 0 Å². The predicted octanol–water partition coefficient (Wildman–Crippen LogP) is 2.59. The fourth-order valence-corrected chi connectivity index (χ4v) is 2.09. The molecule has 0 spiro atoms. The molecule has 94 valence electrons. The van der Waals surface area contributed by atoms with E-state index in [0.29, 0.717) is 0 Å². The lowest BCUT2D eigenvalue weighted by atomic mass is 9.98. The van der Waals surface area contributed by atoms with E-state index in [1.807, 2.05) is 43.4 Å². The second kappa shape index (κ2) is 5.56. The van der Waals surface area contributed by atoms with Crippen LogP contribution >= 0.6 is 0 Å². The smallest absolute Gasteiger partial charge is 0.119 e. The Bertz CT molecular complexity index is 525. The molecule has 2 rings (SSSR count). The van der Waals surface area contributed by atoms with Crippen molar-refractivity contribution in [2.24, 2.45) is 0 Å². The van der Waals surface area contributed by atoms with Crippen LogP contribution < -0.4 is 15.8 Å². The van der Waals surface area contributed by atoms with Crippen LogP contribution in [0.1, 0.15) is 17.2 Å². The molecule has 3 heteroatoms. The topological polar surface area (TPSA) is 47.3 Å². The van der Waals surface area contributed by atoms with E-state index in [1.165, 1.54) is 0 Å².